The van der Waals surface area contributed by atoms with Gasteiger partial charge in [0.25, 0.3) is 0 Å². The lowest BCUT2D eigenvalue weighted by Gasteiger charge is -2.29. The van der Waals surface area contributed by atoms with Crippen LogP contribution in [0.15, 0.2) is 5.16 Å². The number of aryl methyl sites for hydroxylation is 2. The van der Waals surface area contributed by atoms with Crippen LogP contribution in [0.2, 0.25) is 0 Å². The third-order valence-electron chi connectivity index (χ3n) is 2.92. The van der Waals surface area contributed by atoms with Crippen LogP contribution in [0, 0.1) is 6.92 Å². The molecule has 0 fully saturated rings. The average Bonchev–Trinajstić information content (AvgIpc) is 2.59. The molecule has 102 valence electrons. The number of hydrogen-bond donors (Lipinski definition) is 2. The second-order valence-corrected chi connectivity index (χ2v) is 4.68. The Morgan fingerprint density at radius 1 is 1.56 bits per heavy atom. The number of amidine groups is 1. The Kier molecular flexibility index (Phi) is 4.58. The van der Waals surface area contributed by atoms with Crippen LogP contribution in [-0.2, 0) is 7.05 Å². The van der Waals surface area contributed by atoms with Crippen molar-refractivity contribution in [2.45, 2.75) is 40.2 Å². The van der Waals surface area contributed by atoms with Gasteiger partial charge in [-0.1, -0.05) is 12.1 Å². The largest absolute Gasteiger partial charge is 0.409 e. The van der Waals surface area contributed by atoms with Gasteiger partial charge >= 0.3 is 0 Å². The minimum Gasteiger partial charge on any atom is -0.409 e. The fourth-order valence-electron chi connectivity index (χ4n) is 2.17. The molecular weight excluding hydrogens is 230 g/mol. The highest BCUT2D eigenvalue weighted by atomic mass is 16.4. The van der Waals surface area contributed by atoms with E-state index in [-0.39, 0.29) is 5.84 Å². The number of anilines is 1. The Hall–Kier alpha value is -1.72. The van der Waals surface area contributed by atoms with Crippen LogP contribution in [0.3, 0.4) is 0 Å². The molecule has 6 heteroatoms. The van der Waals surface area contributed by atoms with Crippen LogP contribution in [0.5, 0.6) is 0 Å². The number of nitrogens with two attached hydrogens (primary N) is 1. The Labute approximate surface area is 108 Å². The minimum atomic E-state index is 0.109. The Balaban J connectivity index is 3.37. The molecule has 1 heterocycles. The topological polar surface area (TPSA) is 79.7 Å². The minimum absolute atomic E-state index is 0.109. The van der Waals surface area contributed by atoms with Gasteiger partial charge < -0.3 is 15.8 Å². The van der Waals surface area contributed by atoms with Crippen LogP contribution in [0.4, 0.5) is 5.82 Å². The molecule has 0 saturated carbocycles. The molecule has 0 saturated heterocycles. The van der Waals surface area contributed by atoms with Gasteiger partial charge in [0.2, 0.25) is 0 Å². The predicted octanol–water partition coefficient (Wildman–Crippen LogP) is 1.45. The van der Waals surface area contributed by atoms with E-state index in [4.69, 9.17) is 10.9 Å². The Morgan fingerprint density at radius 3 is 2.61 bits per heavy atom. The molecule has 0 aliphatic rings. The molecule has 1 aromatic rings. The zero-order valence-electron chi connectivity index (χ0n) is 11.8. The highest BCUT2D eigenvalue weighted by Crippen LogP contribution is 2.25. The summed E-state index contributed by atoms with van der Waals surface area (Å²) in [7, 11) is 1.88. The number of hydrogen-bond acceptors (Lipinski definition) is 4. The summed E-state index contributed by atoms with van der Waals surface area (Å²) in [6.07, 6.45) is 1.03. The molecule has 0 amide bonds. The summed E-state index contributed by atoms with van der Waals surface area (Å²) in [5, 5.41) is 16.4. The zero-order valence-corrected chi connectivity index (χ0v) is 11.8. The number of nitrogens with zero attached hydrogens (tertiary/aromatic N) is 4. The first kappa shape index (κ1) is 14.3. The van der Waals surface area contributed by atoms with Gasteiger partial charge in [0.15, 0.2) is 5.84 Å². The van der Waals surface area contributed by atoms with Gasteiger partial charge in [0.1, 0.15) is 5.82 Å². The normalized spacial score (nSPS) is 12.2. The van der Waals surface area contributed by atoms with Crippen molar-refractivity contribution in [3.63, 3.8) is 0 Å². The molecule has 0 aliphatic heterocycles. The Morgan fingerprint density at radius 2 is 2.17 bits per heavy atom. The van der Waals surface area contributed by atoms with Crippen molar-refractivity contribution in [1.29, 1.82) is 0 Å². The summed E-state index contributed by atoms with van der Waals surface area (Å²) >= 11 is 0. The van der Waals surface area contributed by atoms with E-state index < -0.39 is 0 Å². The highest BCUT2D eigenvalue weighted by Gasteiger charge is 2.23. The van der Waals surface area contributed by atoms with Crippen LogP contribution in [0.1, 0.15) is 38.4 Å². The number of rotatable bonds is 5. The van der Waals surface area contributed by atoms with E-state index in [1.165, 1.54) is 0 Å². The van der Waals surface area contributed by atoms with Crippen LogP contribution in [-0.4, -0.2) is 33.4 Å². The average molecular weight is 253 g/mol. The summed E-state index contributed by atoms with van der Waals surface area (Å²) in [5.41, 5.74) is 7.24. The molecule has 1 rings (SSSR count). The van der Waals surface area contributed by atoms with E-state index >= 15 is 0 Å². The van der Waals surface area contributed by atoms with E-state index in [1.54, 1.807) is 4.68 Å². The third-order valence-corrected chi connectivity index (χ3v) is 2.92. The summed E-state index contributed by atoms with van der Waals surface area (Å²) in [6.45, 7) is 9.13. The predicted molar refractivity (Wildman–Crippen MR) is 73.2 cm³/mol. The number of aromatic nitrogens is 2. The lowest BCUT2D eigenvalue weighted by atomic mass is 10.2. The fraction of sp³-hybridized carbons (Fsp3) is 0.667. The molecule has 3 N–H and O–H groups in total. The summed E-state index contributed by atoms with van der Waals surface area (Å²) in [5.74, 6) is 1.01. The van der Waals surface area contributed by atoms with Crippen LogP contribution >= 0.6 is 0 Å². The molecular formula is C12H23N5O. The van der Waals surface area contributed by atoms with Crippen LogP contribution in [0.25, 0.3) is 0 Å². The van der Waals surface area contributed by atoms with Crippen molar-refractivity contribution in [2.24, 2.45) is 17.9 Å². The standard InChI is InChI=1S/C12H23N5O/c1-6-7-17(8(2)3)12-10(11(13)15-18)9(4)14-16(12)5/h8,18H,6-7H2,1-5H3,(H2,13,15). The van der Waals surface area contributed by atoms with Crippen LogP contribution < -0.4 is 10.6 Å². The fourth-order valence-corrected chi connectivity index (χ4v) is 2.17. The van der Waals surface area contributed by atoms with Gasteiger partial charge in [-0.15, -0.1) is 0 Å². The van der Waals surface area contributed by atoms with E-state index in [0.29, 0.717) is 11.6 Å². The lowest BCUT2D eigenvalue weighted by Crippen LogP contribution is -2.35. The van der Waals surface area contributed by atoms with Crippen molar-refractivity contribution in [3.8, 4) is 0 Å². The molecule has 6 nitrogen and oxygen atoms in total. The van der Waals surface area contributed by atoms with Crippen molar-refractivity contribution in [2.75, 3.05) is 11.4 Å². The second-order valence-electron chi connectivity index (χ2n) is 4.68. The van der Waals surface area contributed by atoms with Crippen molar-refractivity contribution < 1.29 is 5.21 Å². The van der Waals surface area contributed by atoms with Crippen molar-refractivity contribution >= 4 is 11.7 Å². The maximum Gasteiger partial charge on any atom is 0.175 e. The first-order valence-corrected chi connectivity index (χ1v) is 6.22. The molecule has 0 atom stereocenters. The first-order chi connectivity index (χ1) is 8.43. The maximum absolute atomic E-state index is 8.90. The van der Waals surface area contributed by atoms with E-state index in [9.17, 15) is 0 Å². The summed E-state index contributed by atoms with van der Waals surface area (Å²) < 4.78 is 1.79. The molecule has 0 spiro atoms. The summed E-state index contributed by atoms with van der Waals surface area (Å²) in [6, 6.07) is 0.324. The van der Waals surface area contributed by atoms with Gasteiger partial charge in [-0.2, -0.15) is 5.10 Å². The quantitative estimate of drug-likeness (QED) is 0.360. The van der Waals surface area contributed by atoms with E-state index in [1.807, 2.05) is 14.0 Å². The molecule has 0 radical (unpaired) electrons. The molecule has 1 aromatic heterocycles. The zero-order chi connectivity index (χ0) is 13.9. The SMILES string of the molecule is CCCN(c1c(C(N)=NO)c(C)nn1C)C(C)C. The van der Waals surface area contributed by atoms with Gasteiger partial charge in [-0.3, -0.25) is 4.68 Å². The maximum atomic E-state index is 8.90. The summed E-state index contributed by atoms with van der Waals surface area (Å²) in [4.78, 5) is 2.22. The van der Waals surface area contributed by atoms with Gasteiger partial charge in [0, 0.05) is 19.6 Å². The first-order valence-electron chi connectivity index (χ1n) is 6.22. The molecule has 0 bridgehead atoms. The smallest absolute Gasteiger partial charge is 0.175 e. The molecule has 0 aromatic carbocycles. The molecule has 18 heavy (non-hydrogen) atoms. The second kappa shape index (κ2) is 5.75. The lowest BCUT2D eigenvalue weighted by molar-refractivity contribution is 0.318. The molecule has 0 unspecified atom stereocenters. The van der Waals surface area contributed by atoms with Crippen molar-refractivity contribution in [1.82, 2.24) is 9.78 Å². The monoisotopic (exact) mass is 253 g/mol. The number of oxime groups is 1. The van der Waals surface area contributed by atoms with Gasteiger partial charge in [-0.25, -0.2) is 0 Å². The van der Waals surface area contributed by atoms with Crippen molar-refractivity contribution in [3.05, 3.63) is 11.3 Å². The third kappa shape index (κ3) is 2.57. The van der Waals surface area contributed by atoms with E-state index in [0.717, 1.165) is 24.5 Å². The van der Waals surface area contributed by atoms with Gasteiger partial charge in [-0.05, 0) is 27.2 Å². The Bertz CT molecular complexity index is 436. The van der Waals surface area contributed by atoms with E-state index in [2.05, 4.69) is 35.9 Å². The molecule has 0 aliphatic carbocycles. The van der Waals surface area contributed by atoms with Gasteiger partial charge in [0.05, 0.1) is 11.3 Å². The highest BCUT2D eigenvalue weighted by molar-refractivity contribution is 6.02.